The molecule has 0 spiro atoms. The van der Waals surface area contributed by atoms with Gasteiger partial charge in [-0.05, 0) is 30.3 Å². The second-order valence-electron chi connectivity index (χ2n) is 4.66. The molecule has 0 N–H and O–H groups in total. The van der Waals surface area contributed by atoms with Crippen LogP contribution < -0.4 is 4.74 Å². The van der Waals surface area contributed by atoms with Gasteiger partial charge >= 0.3 is 0 Å². The van der Waals surface area contributed by atoms with Gasteiger partial charge < -0.3 is 4.74 Å². The van der Waals surface area contributed by atoms with Gasteiger partial charge in [-0.2, -0.15) is 0 Å². The fraction of sp³-hybridized carbons (Fsp3) is 0.235. The Kier molecular flexibility index (Phi) is 5.24. The first kappa shape index (κ1) is 14.7. The highest BCUT2D eigenvalue weighted by molar-refractivity contribution is 8.00. The molecule has 0 aromatic heterocycles. The third kappa shape index (κ3) is 4.14. The molecule has 3 heteroatoms. The maximum absolute atomic E-state index is 5.14. The van der Waals surface area contributed by atoms with Crippen molar-refractivity contribution in [2.45, 2.75) is 24.0 Å². The van der Waals surface area contributed by atoms with E-state index in [9.17, 15) is 0 Å². The molecule has 2 rings (SSSR count). The summed E-state index contributed by atoms with van der Waals surface area (Å²) in [6, 6.07) is 16.1. The lowest BCUT2D eigenvalue weighted by atomic mass is 10.2. The molecule has 2 nitrogen and oxygen atoms in total. The molecule has 0 bridgehead atoms. The molecule has 0 saturated heterocycles. The van der Waals surface area contributed by atoms with E-state index in [0.29, 0.717) is 5.25 Å². The van der Waals surface area contributed by atoms with Gasteiger partial charge in [-0.25, -0.2) is 0 Å². The Labute approximate surface area is 124 Å². The average Bonchev–Trinajstić information content (AvgIpc) is 2.46. The van der Waals surface area contributed by atoms with Gasteiger partial charge in [-0.15, -0.1) is 11.8 Å². The van der Waals surface area contributed by atoms with Crippen LogP contribution in [0.4, 0.5) is 5.69 Å². The Hall–Kier alpha value is -1.74. The predicted octanol–water partition coefficient (Wildman–Crippen LogP) is 4.95. The monoisotopic (exact) mass is 285 g/mol. The van der Waals surface area contributed by atoms with Gasteiger partial charge in [0, 0.05) is 21.9 Å². The molecule has 20 heavy (non-hydrogen) atoms. The molecular weight excluding hydrogens is 266 g/mol. The molecule has 104 valence electrons. The van der Waals surface area contributed by atoms with Crippen LogP contribution in [0.3, 0.4) is 0 Å². The smallest absolute Gasteiger partial charge is 0.119 e. The lowest BCUT2D eigenvalue weighted by Crippen LogP contribution is -1.91. The van der Waals surface area contributed by atoms with Gasteiger partial charge in [0.1, 0.15) is 5.75 Å². The highest BCUT2D eigenvalue weighted by Crippen LogP contribution is 2.26. The molecule has 2 aromatic rings. The maximum atomic E-state index is 5.14. The van der Waals surface area contributed by atoms with Crippen LogP contribution in [-0.4, -0.2) is 18.6 Å². The van der Waals surface area contributed by atoms with Gasteiger partial charge in [0.25, 0.3) is 0 Å². The Balaban J connectivity index is 2.17. The van der Waals surface area contributed by atoms with Crippen LogP contribution >= 0.6 is 11.8 Å². The second-order valence-corrected chi connectivity index (χ2v) is 6.28. The van der Waals surface area contributed by atoms with Crippen LogP contribution in [0.5, 0.6) is 5.75 Å². The van der Waals surface area contributed by atoms with Gasteiger partial charge in [-0.3, -0.25) is 4.99 Å². The third-order valence-electron chi connectivity index (χ3n) is 2.71. The second kappa shape index (κ2) is 7.15. The number of nitrogens with zero attached hydrogens (tertiary/aromatic N) is 1. The molecule has 0 aliphatic carbocycles. The molecule has 0 radical (unpaired) electrons. The van der Waals surface area contributed by atoms with Crippen LogP contribution in [-0.2, 0) is 0 Å². The summed E-state index contributed by atoms with van der Waals surface area (Å²) < 4.78 is 5.14. The molecule has 0 saturated carbocycles. The molecule has 0 amide bonds. The number of methoxy groups -OCH3 is 1. The number of hydrogen-bond acceptors (Lipinski definition) is 3. The summed E-state index contributed by atoms with van der Waals surface area (Å²) in [5.41, 5.74) is 2.08. The molecular formula is C17H19NOS. The lowest BCUT2D eigenvalue weighted by molar-refractivity contribution is 0.415. The molecule has 2 aromatic carbocycles. The quantitative estimate of drug-likeness (QED) is 0.573. The van der Waals surface area contributed by atoms with E-state index < -0.39 is 0 Å². The number of benzene rings is 2. The predicted molar refractivity (Wildman–Crippen MR) is 87.7 cm³/mol. The summed E-state index contributed by atoms with van der Waals surface area (Å²) in [6.45, 7) is 4.39. The van der Waals surface area contributed by atoms with Crippen LogP contribution in [0.25, 0.3) is 0 Å². The zero-order valence-corrected chi connectivity index (χ0v) is 12.9. The van der Waals surface area contributed by atoms with Crippen molar-refractivity contribution in [3.05, 3.63) is 54.1 Å². The van der Waals surface area contributed by atoms with Crippen molar-refractivity contribution < 1.29 is 4.74 Å². The molecule has 0 heterocycles. The molecule has 0 aliphatic rings. The first-order chi connectivity index (χ1) is 9.69. The van der Waals surface area contributed by atoms with Gasteiger partial charge in [0.15, 0.2) is 0 Å². The lowest BCUT2D eigenvalue weighted by Gasteiger charge is -2.07. The molecule has 0 aliphatic heterocycles. The van der Waals surface area contributed by atoms with Gasteiger partial charge in [0.2, 0.25) is 0 Å². The van der Waals surface area contributed by atoms with Crippen LogP contribution in [0.15, 0.2) is 58.4 Å². The summed E-state index contributed by atoms with van der Waals surface area (Å²) in [7, 11) is 1.66. The zero-order chi connectivity index (χ0) is 14.4. The van der Waals surface area contributed by atoms with Crippen molar-refractivity contribution in [2.75, 3.05) is 7.11 Å². The van der Waals surface area contributed by atoms with Crippen LogP contribution in [0, 0.1) is 0 Å². The third-order valence-corrected chi connectivity index (χ3v) is 3.80. The van der Waals surface area contributed by atoms with Gasteiger partial charge in [0.05, 0.1) is 12.8 Å². The summed E-state index contributed by atoms with van der Waals surface area (Å²) >= 11 is 1.86. The average molecular weight is 285 g/mol. The SMILES string of the molecule is COc1ccc(N=Cc2ccccc2SC(C)C)cc1. The standard InChI is InChI=1S/C17H19NOS/c1-13(2)20-17-7-5-4-6-14(17)12-18-15-8-10-16(19-3)11-9-15/h4-13H,1-3H3. The van der Waals surface area contributed by atoms with Crippen LogP contribution in [0.2, 0.25) is 0 Å². The summed E-state index contributed by atoms with van der Waals surface area (Å²) in [5, 5.41) is 0.561. The van der Waals surface area contributed by atoms with E-state index in [0.717, 1.165) is 17.0 Å². The van der Waals surface area contributed by atoms with Gasteiger partial charge in [-0.1, -0.05) is 32.0 Å². The minimum Gasteiger partial charge on any atom is -0.497 e. The summed E-state index contributed by atoms with van der Waals surface area (Å²) in [4.78, 5) is 5.79. The maximum Gasteiger partial charge on any atom is 0.119 e. The molecule has 0 unspecified atom stereocenters. The summed E-state index contributed by atoms with van der Waals surface area (Å²) in [5.74, 6) is 0.847. The number of ether oxygens (including phenoxy) is 1. The fourth-order valence-corrected chi connectivity index (χ4v) is 2.68. The Morgan fingerprint density at radius 1 is 1.05 bits per heavy atom. The van der Waals surface area contributed by atoms with E-state index >= 15 is 0 Å². The van der Waals surface area contributed by atoms with E-state index in [4.69, 9.17) is 4.74 Å². The molecule has 0 atom stereocenters. The minimum atomic E-state index is 0.561. The van der Waals surface area contributed by atoms with E-state index in [1.54, 1.807) is 7.11 Å². The van der Waals surface area contributed by atoms with Crippen molar-refractivity contribution in [1.29, 1.82) is 0 Å². The Morgan fingerprint density at radius 3 is 2.40 bits per heavy atom. The minimum absolute atomic E-state index is 0.561. The molecule has 0 fully saturated rings. The highest BCUT2D eigenvalue weighted by atomic mass is 32.2. The number of hydrogen-bond donors (Lipinski definition) is 0. The normalized spacial score (nSPS) is 11.2. The topological polar surface area (TPSA) is 21.6 Å². The largest absolute Gasteiger partial charge is 0.497 e. The number of thioether (sulfide) groups is 1. The van der Waals surface area contributed by atoms with Crippen molar-refractivity contribution in [3.63, 3.8) is 0 Å². The first-order valence-corrected chi connectivity index (χ1v) is 7.51. The van der Waals surface area contributed by atoms with E-state index in [-0.39, 0.29) is 0 Å². The van der Waals surface area contributed by atoms with Crippen molar-refractivity contribution in [1.82, 2.24) is 0 Å². The summed E-state index contributed by atoms with van der Waals surface area (Å²) in [6.07, 6.45) is 1.92. The van der Waals surface area contributed by atoms with E-state index in [1.165, 1.54) is 4.90 Å². The number of aliphatic imine (C=N–C) groups is 1. The van der Waals surface area contributed by atoms with Crippen molar-refractivity contribution in [3.8, 4) is 5.75 Å². The van der Waals surface area contributed by atoms with Crippen molar-refractivity contribution in [2.24, 2.45) is 4.99 Å². The first-order valence-electron chi connectivity index (χ1n) is 6.63. The zero-order valence-electron chi connectivity index (χ0n) is 12.0. The van der Waals surface area contributed by atoms with Crippen molar-refractivity contribution >= 4 is 23.7 Å². The van der Waals surface area contributed by atoms with E-state index in [1.807, 2.05) is 48.3 Å². The van der Waals surface area contributed by atoms with Crippen LogP contribution in [0.1, 0.15) is 19.4 Å². The highest BCUT2D eigenvalue weighted by Gasteiger charge is 2.02. The Bertz CT molecular complexity index is 576. The number of rotatable bonds is 5. The Morgan fingerprint density at radius 2 is 1.75 bits per heavy atom. The van der Waals surface area contributed by atoms with E-state index in [2.05, 4.69) is 37.0 Å². The fourth-order valence-electron chi connectivity index (χ4n) is 1.76.